The van der Waals surface area contributed by atoms with Gasteiger partial charge in [-0.05, 0) is 92.7 Å². The van der Waals surface area contributed by atoms with Crippen molar-refractivity contribution in [1.29, 1.82) is 0 Å². The average molecular weight is 654 g/mol. The average Bonchev–Trinajstić information content (AvgIpc) is 3.58. The Morgan fingerprint density at radius 3 is 2.08 bits per heavy atom. The molecule has 8 aromatic carbocycles. The number of nitrogens with zero attached hydrogens (tertiary/aromatic N) is 1. The number of fused-ring (bicyclic) bond motifs is 7. The van der Waals surface area contributed by atoms with Crippen LogP contribution in [0.15, 0.2) is 174 Å². The van der Waals surface area contributed by atoms with Crippen LogP contribution < -0.4 is 4.90 Å². The van der Waals surface area contributed by atoms with Gasteiger partial charge < -0.3 is 9.32 Å². The molecule has 0 fully saturated rings. The Morgan fingerprint density at radius 1 is 0.549 bits per heavy atom. The van der Waals surface area contributed by atoms with E-state index in [1.807, 2.05) is 0 Å². The summed E-state index contributed by atoms with van der Waals surface area (Å²) in [6, 6.07) is 59.2. The van der Waals surface area contributed by atoms with Crippen molar-refractivity contribution >= 4 is 66.6 Å². The van der Waals surface area contributed by atoms with Crippen molar-refractivity contribution < 1.29 is 4.42 Å². The van der Waals surface area contributed by atoms with Crippen molar-refractivity contribution in [1.82, 2.24) is 0 Å². The molecule has 1 aliphatic carbocycles. The van der Waals surface area contributed by atoms with Gasteiger partial charge in [0.25, 0.3) is 0 Å². The van der Waals surface area contributed by atoms with Gasteiger partial charge in [-0.3, -0.25) is 0 Å². The second kappa shape index (κ2) is 11.9. The first-order valence-corrected chi connectivity index (χ1v) is 17.8. The Hall–Kier alpha value is -6.38. The zero-order valence-electron chi connectivity index (χ0n) is 28.4. The molecule has 51 heavy (non-hydrogen) atoms. The molecular weight excluding hydrogens is 619 g/mol. The zero-order valence-corrected chi connectivity index (χ0v) is 28.4. The van der Waals surface area contributed by atoms with Gasteiger partial charge in [0, 0.05) is 22.0 Å². The van der Waals surface area contributed by atoms with Gasteiger partial charge in [0.15, 0.2) is 0 Å². The third-order valence-electron chi connectivity index (χ3n) is 10.6. The summed E-state index contributed by atoms with van der Waals surface area (Å²) in [6.45, 7) is 2.30. The Bertz CT molecular complexity index is 2800. The second-order valence-corrected chi connectivity index (χ2v) is 13.8. The third-order valence-corrected chi connectivity index (χ3v) is 10.6. The van der Waals surface area contributed by atoms with E-state index in [-0.39, 0.29) is 0 Å². The maximum Gasteiger partial charge on any atom is 0.139 e. The van der Waals surface area contributed by atoms with Crippen LogP contribution in [0.5, 0.6) is 0 Å². The van der Waals surface area contributed by atoms with Gasteiger partial charge in [0.2, 0.25) is 0 Å². The van der Waals surface area contributed by atoms with Crippen molar-refractivity contribution in [2.24, 2.45) is 5.92 Å². The van der Waals surface area contributed by atoms with Gasteiger partial charge in [-0.2, -0.15) is 0 Å². The standard InChI is InChI=1S/C49H35NO/c1-32-27-28-41-42(40-23-10-17-34-15-5-7-21-38(34)40)31-44-48-46(25-12-26-47(48)51-49(44)43(41)29-32)50(45-24-11-18-35-16-6-8-22-39(35)45)37-20-9-19-36(30-37)33-13-3-2-4-14-33/h2-28,30-32H,29H2,1H3/t32-/m1/s1. The predicted molar refractivity (Wildman–Crippen MR) is 216 cm³/mol. The van der Waals surface area contributed by atoms with E-state index in [1.54, 1.807) is 0 Å². The van der Waals surface area contributed by atoms with E-state index < -0.39 is 0 Å². The van der Waals surface area contributed by atoms with Crippen LogP contribution in [0.2, 0.25) is 0 Å². The number of benzene rings is 8. The first-order valence-electron chi connectivity index (χ1n) is 17.8. The van der Waals surface area contributed by atoms with Gasteiger partial charge >= 0.3 is 0 Å². The van der Waals surface area contributed by atoms with Gasteiger partial charge in [-0.1, -0.05) is 146 Å². The number of rotatable bonds is 5. The van der Waals surface area contributed by atoms with Crippen LogP contribution in [0.25, 0.3) is 71.8 Å². The fourth-order valence-electron chi connectivity index (χ4n) is 8.20. The highest BCUT2D eigenvalue weighted by molar-refractivity contribution is 6.17. The molecule has 1 aliphatic rings. The van der Waals surface area contributed by atoms with E-state index in [1.165, 1.54) is 54.9 Å². The normalized spacial score (nSPS) is 14.0. The number of allylic oxidation sites excluding steroid dienone is 1. The molecule has 2 heteroatoms. The summed E-state index contributed by atoms with van der Waals surface area (Å²) in [5.74, 6) is 0.420. The quantitative estimate of drug-likeness (QED) is 0.184. The zero-order chi connectivity index (χ0) is 33.9. The molecule has 1 atom stereocenters. The van der Waals surface area contributed by atoms with E-state index in [0.717, 1.165) is 45.4 Å². The minimum atomic E-state index is 0.420. The van der Waals surface area contributed by atoms with Crippen LogP contribution >= 0.6 is 0 Å². The van der Waals surface area contributed by atoms with Crippen molar-refractivity contribution in [3.8, 4) is 22.3 Å². The molecule has 0 saturated carbocycles. The molecule has 0 N–H and O–H groups in total. The highest BCUT2D eigenvalue weighted by Crippen LogP contribution is 2.49. The number of furan rings is 1. The van der Waals surface area contributed by atoms with Gasteiger partial charge in [-0.15, -0.1) is 0 Å². The van der Waals surface area contributed by atoms with Gasteiger partial charge in [0.05, 0.1) is 16.8 Å². The summed E-state index contributed by atoms with van der Waals surface area (Å²) < 4.78 is 6.96. The van der Waals surface area contributed by atoms with E-state index in [0.29, 0.717) is 5.92 Å². The summed E-state index contributed by atoms with van der Waals surface area (Å²) >= 11 is 0. The van der Waals surface area contributed by atoms with Crippen LogP contribution in [-0.4, -0.2) is 0 Å². The molecule has 0 unspecified atom stereocenters. The van der Waals surface area contributed by atoms with E-state index in [9.17, 15) is 0 Å². The molecule has 10 rings (SSSR count). The molecule has 0 radical (unpaired) electrons. The molecule has 1 heterocycles. The molecule has 9 aromatic rings. The highest BCUT2D eigenvalue weighted by atomic mass is 16.3. The SMILES string of the molecule is C[C@@H]1C=Cc2c(-c3cccc4ccccc34)cc3c(oc4cccc(N(c5cccc(-c6ccccc6)c5)c5cccc6ccccc56)c43)c2C1. The lowest BCUT2D eigenvalue weighted by Crippen LogP contribution is -2.11. The lowest BCUT2D eigenvalue weighted by Gasteiger charge is -2.28. The maximum atomic E-state index is 6.96. The Labute approximate surface area is 297 Å². The molecular formula is C49H35NO. The summed E-state index contributed by atoms with van der Waals surface area (Å²) in [4.78, 5) is 2.44. The first kappa shape index (κ1) is 29.5. The Morgan fingerprint density at radius 2 is 1.22 bits per heavy atom. The van der Waals surface area contributed by atoms with E-state index in [4.69, 9.17) is 4.42 Å². The van der Waals surface area contributed by atoms with Crippen LogP contribution in [0, 0.1) is 5.92 Å². The third kappa shape index (κ3) is 4.87. The molecule has 1 aromatic heterocycles. The largest absolute Gasteiger partial charge is 0.456 e. The van der Waals surface area contributed by atoms with Crippen LogP contribution in [-0.2, 0) is 6.42 Å². The molecule has 242 valence electrons. The number of hydrogen-bond acceptors (Lipinski definition) is 2. The minimum Gasteiger partial charge on any atom is -0.456 e. The molecule has 0 spiro atoms. The summed E-state index contributed by atoms with van der Waals surface area (Å²) in [5.41, 5.74) is 12.6. The van der Waals surface area contributed by atoms with Crippen LogP contribution in [0.3, 0.4) is 0 Å². The lowest BCUT2D eigenvalue weighted by molar-refractivity contribution is 0.647. The Balaban J connectivity index is 1.30. The van der Waals surface area contributed by atoms with Crippen molar-refractivity contribution in [2.45, 2.75) is 13.3 Å². The molecule has 0 aliphatic heterocycles. The van der Waals surface area contributed by atoms with Gasteiger partial charge in [0.1, 0.15) is 11.2 Å². The Kier molecular flexibility index (Phi) is 6.89. The summed E-state index contributed by atoms with van der Waals surface area (Å²) in [5, 5.41) is 7.18. The minimum absolute atomic E-state index is 0.420. The molecule has 0 bridgehead atoms. The highest BCUT2D eigenvalue weighted by Gasteiger charge is 2.26. The fourth-order valence-corrected chi connectivity index (χ4v) is 8.20. The van der Waals surface area contributed by atoms with Crippen molar-refractivity contribution in [2.75, 3.05) is 4.90 Å². The fraction of sp³-hybridized carbons (Fsp3) is 0.0612. The van der Waals surface area contributed by atoms with Crippen molar-refractivity contribution in [3.05, 3.63) is 181 Å². The number of hydrogen-bond donors (Lipinski definition) is 0. The summed E-state index contributed by atoms with van der Waals surface area (Å²) in [6.07, 6.45) is 5.60. The molecule has 2 nitrogen and oxygen atoms in total. The molecule has 0 saturated heterocycles. The smallest absolute Gasteiger partial charge is 0.139 e. The summed E-state index contributed by atoms with van der Waals surface area (Å²) in [7, 11) is 0. The monoisotopic (exact) mass is 653 g/mol. The number of anilines is 3. The lowest BCUT2D eigenvalue weighted by atomic mass is 9.83. The topological polar surface area (TPSA) is 16.4 Å². The van der Waals surface area contributed by atoms with Gasteiger partial charge in [-0.25, -0.2) is 0 Å². The van der Waals surface area contributed by atoms with Crippen LogP contribution in [0.4, 0.5) is 17.1 Å². The first-order chi connectivity index (χ1) is 25.2. The predicted octanol–water partition coefficient (Wildman–Crippen LogP) is 13.9. The second-order valence-electron chi connectivity index (χ2n) is 13.8. The van der Waals surface area contributed by atoms with E-state index >= 15 is 0 Å². The van der Waals surface area contributed by atoms with Crippen LogP contribution in [0.1, 0.15) is 18.1 Å². The molecule has 0 amide bonds. The van der Waals surface area contributed by atoms with E-state index in [2.05, 4.69) is 188 Å². The van der Waals surface area contributed by atoms with Crippen molar-refractivity contribution in [3.63, 3.8) is 0 Å². The maximum absolute atomic E-state index is 6.96.